The third kappa shape index (κ3) is 3.19. The van der Waals surface area contributed by atoms with Crippen LogP contribution in [-0.4, -0.2) is 11.7 Å². The SMILES string of the molecule is C=NN(C=C(C)C)c1cc(C)cc(CC)n1. The molecule has 16 heavy (non-hydrogen) atoms. The van der Waals surface area contributed by atoms with Crippen molar-refractivity contribution < 1.29 is 0 Å². The van der Waals surface area contributed by atoms with Crippen molar-refractivity contribution in [1.82, 2.24) is 4.98 Å². The van der Waals surface area contributed by atoms with Crippen LogP contribution in [0.1, 0.15) is 32.0 Å². The number of allylic oxidation sites excluding steroid dienone is 1. The van der Waals surface area contributed by atoms with Crippen LogP contribution >= 0.6 is 0 Å². The van der Waals surface area contributed by atoms with Gasteiger partial charge in [-0.05, 0) is 44.9 Å². The maximum absolute atomic E-state index is 4.52. The summed E-state index contributed by atoms with van der Waals surface area (Å²) in [7, 11) is 0. The number of nitrogens with zero attached hydrogens (tertiary/aromatic N) is 3. The molecule has 86 valence electrons. The quantitative estimate of drug-likeness (QED) is 0.572. The van der Waals surface area contributed by atoms with Gasteiger partial charge in [-0.15, -0.1) is 0 Å². The Hall–Kier alpha value is -1.64. The average molecular weight is 217 g/mol. The molecule has 0 fully saturated rings. The third-order valence-electron chi connectivity index (χ3n) is 2.14. The number of hydrogen-bond donors (Lipinski definition) is 0. The lowest BCUT2D eigenvalue weighted by atomic mass is 10.2. The van der Waals surface area contributed by atoms with Crippen molar-refractivity contribution in [3.8, 4) is 0 Å². The van der Waals surface area contributed by atoms with Gasteiger partial charge < -0.3 is 0 Å². The van der Waals surface area contributed by atoms with Gasteiger partial charge in [0.15, 0.2) is 5.82 Å². The van der Waals surface area contributed by atoms with Crippen LogP contribution in [0.15, 0.2) is 29.0 Å². The molecule has 3 nitrogen and oxygen atoms in total. The highest BCUT2D eigenvalue weighted by Crippen LogP contribution is 2.16. The van der Waals surface area contributed by atoms with Crippen molar-refractivity contribution in [2.45, 2.75) is 34.1 Å². The number of aromatic nitrogens is 1. The van der Waals surface area contributed by atoms with Crippen LogP contribution in [-0.2, 0) is 6.42 Å². The minimum Gasteiger partial charge on any atom is -0.234 e. The molecule has 0 aliphatic rings. The number of aryl methyl sites for hydroxylation is 2. The predicted octanol–water partition coefficient (Wildman–Crippen LogP) is 3.30. The molecular weight excluding hydrogens is 198 g/mol. The Balaban J connectivity index is 3.14. The Kier molecular flexibility index (Phi) is 4.23. The summed E-state index contributed by atoms with van der Waals surface area (Å²) in [6.07, 6.45) is 2.85. The highest BCUT2D eigenvalue weighted by atomic mass is 15.5. The van der Waals surface area contributed by atoms with E-state index in [2.05, 4.69) is 36.7 Å². The molecule has 0 unspecified atom stereocenters. The van der Waals surface area contributed by atoms with E-state index in [1.807, 2.05) is 26.1 Å². The van der Waals surface area contributed by atoms with Crippen LogP contribution in [0.2, 0.25) is 0 Å². The highest BCUT2D eigenvalue weighted by molar-refractivity contribution is 5.47. The summed E-state index contributed by atoms with van der Waals surface area (Å²) >= 11 is 0. The molecule has 0 aliphatic carbocycles. The molecule has 0 amide bonds. The van der Waals surface area contributed by atoms with Crippen LogP contribution < -0.4 is 5.01 Å². The van der Waals surface area contributed by atoms with Gasteiger partial charge in [-0.3, -0.25) is 0 Å². The summed E-state index contributed by atoms with van der Waals surface area (Å²) in [4.78, 5) is 4.52. The maximum atomic E-state index is 4.52. The first-order chi connectivity index (χ1) is 7.56. The van der Waals surface area contributed by atoms with Crippen molar-refractivity contribution in [2.75, 3.05) is 5.01 Å². The van der Waals surface area contributed by atoms with Gasteiger partial charge in [0.2, 0.25) is 0 Å². The highest BCUT2D eigenvalue weighted by Gasteiger charge is 2.05. The van der Waals surface area contributed by atoms with Gasteiger partial charge in [0.05, 0.1) is 0 Å². The Morgan fingerprint density at radius 3 is 2.69 bits per heavy atom. The van der Waals surface area contributed by atoms with E-state index in [1.165, 1.54) is 5.56 Å². The lowest BCUT2D eigenvalue weighted by molar-refractivity contribution is 0.964. The van der Waals surface area contributed by atoms with Gasteiger partial charge in [0, 0.05) is 18.6 Å². The Labute approximate surface area is 97.5 Å². The lowest BCUT2D eigenvalue weighted by Crippen LogP contribution is -2.10. The zero-order valence-corrected chi connectivity index (χ0v) is 10.5. The van der Waals surface area contributed by atoms with Gasteiger partial charge in [-0.2, -0.15) is 5.10 Å². The molecule has 1 aromatic heterocycles. The summed E-state index contributed by atoms with van der Waals surface area (Å²) in [5, 5.41) is 5.67. The fraction of sp³-hybridized carbons (Fsp3) is 0.385. The van der Waals surface area contributed by atoms with Crippen molar-refractivity contribution in [3.63, 3.8) is 0 Å². The molecule has 0 aromatic carbocycles. The molecule has 0 atom stereocenters. The summed E-state index contributed by atoms with van der Waals surface area (Å²) in [5.41, 5.74) is 3.43. The zero-order chi connectivity index (χ0) is 12.1. The largest absolute Gasteiger partial charge is 0.234 e. The second-order valence-corrected chi connectivity index (χ2v) is 4.04. The van der Waals surface area contributed by atoms with E-state index in [0.717, 1.165) is 23.5 Å². The molecular formula is C13H19N3. The van der Waals surface area contributed by atoms with Crippen molar-refractivity contribution in [1.29, 1.82) is 0 Å². The standard InChI is InChI=1S/C13H19N3/c1-6-12-7-11(4)8-13(15-12)16(14-5)9-10(2)3/h7-9H,5-6H2,1-4H3. The van der Waals surface area contributed by atoms with Gasteiger partial charge in [0.25, 0.3) is 0 Å². The minimum atomic E-state index is 0.827. The number of rotatable bonds is 4. The molecule has 0 aliphatic heterocycles. The van der Waals surface area contributed by atoms with Gasteiger partial charge in [-0.1, -0.05) is 12.5 Å². The smallest absolute Gasteiger partial charge is 0.153 e. The Bertz CT molecular complexity index is 404. The minimum absolute atomic E-state index is 0.827. The third-order valence-corrected chi connectivity index (χ3v) is 2.14. The monoisotopic (exact) mass is 217 g/mol. The molecule has 1 heterocycles. The van der Waals surface area contributed by atoms with E-state index in [0.29, 0.717) is 0 Å². The molecule has 0 N–H and O–H groups in total. The number of hydrogen-bond acceptors (Lipinski definition) is 3. The van der Waals surface area contributed by atoms with E-state index in [9.17, 15) is 0 Å². The Morgan fingerprint density at radius 2 is 2.19 bits per heavy atom. The van der Waals surface area contributed by atoms with Crippen molar-refractivity contribution >= 4 is 12.5 Å². The Morgan fingerprint density at radius 1 is 1.50 bits per heavy atom. The molecule has 0 saturated carbocycles. The number of pyridine rings is 1. The van der Waals surface area contributed by atoms with E-state index in [1.54, 1.807) is 5.01 Å². The first-order valence-electron chi connectivity index (χ1n) is 5.45. The lowest BCUT2D eigenvalue weighted by Gasteiger charge is -2.15. The van der Waals surface area contributed by atoms with E-state index in [-0.39, 0.29) is 0 Å². The summed E-state index contributed by atoms with van der Waals surface area (Å²) in [6, 6.07) is 4.10. The van der Waals surface area contributed by atoms with Gasteiger partial charge >= 0.3 is 0 Å². The van der Waals surface area contributed by atoms with E-state index < -0.39 is 0 Å². The first kappa shape index (κ1) is 12.4. The molecule has 0 bridgehead atoms. The number of anilines is 1. The average Bonchev–Trinajstić information content (AvgIpc) is 2.24. The van der Waals surface area contributed by atoms with E-state index in [4.69, 9.17) is 0 Å². The van der Waals surface area contributed by atoms with Crippen molar-refractivity contribution in [2.24, 2.45) is 5.10 Å². The van der Waals surface area contributed by atoms with Crippen LogP contribution in [0.4, 0.5) is 5.82 Å². The summed E-state index contributed by atoms with van der Waals surface area (Å²) in [6.45, 7) is 11.8. The first-order valence-corrected chi connectivity index (χ1v) is 5.45. The van der Waals surface area contributed by atoms with Crippen LogP contribution in [0, 0.1) is 6.92 Å². The second kappa shape index (κ2) is 5.45. The normalized spacial score (nSPS) is 9.75. The van der Waals surface area contributed by atoms with Crippen LogP contribution in [0.25, 0.3) is 0 Å². The van der Waals surface area contributed by atoms with Gasteiger partial charge in [-0.25, -0.2) is 9.99 Å². The van der Waals surface area contributed by atoms with Gasteiger partial charge in [0.1, 0.15) is 0 Å². The maximum Gasteiger partial charge on any atom is 0.153 e. The van der Waals surface area contributed by atoms with Crippen molar-refractivity contribution in [3.05, 3.63) is 35.2 Å². The number of hydrazone groups is 1. The molecule has 1 rings (SSSR count). The zero-order valence-electron chi connectivity index (χ0n) is 10.5. The molecule has 3 heteroatoms. The predicted molar refractivity (Wildman–Crippen MR) is 69.8 cm³/mol. The van der Waals surface area contributed by atoms with Crippen LogP contribution in [0.5, 0.6) is 0 Å². The topological polar surface area (TPSA) is 28.5 Å². The molecule has 0 radical (unpaired) electrons. The fourth-order valence-electron chi connectivity index (χ4n) is 1.44. The molecule has 1 aromatic rings. The van der Waals surface area contributed by atoms with Crippen LogP contribution in [0.3, 0.4) is 0 Å². The summed E-state index contributed by atoms with van der Waals surface area (Å²) < 4.78 is 0. The summed E-state index contributed by atoms with van der Waals surface area (Å²) in [5.74, 6) is 0.827. The molecule has 0 saturated heterocycles. The fourth-order valence-corrected chi connectivity index (χ4v) is 1.44. The molecule has 0 spiro atoms. The van der Waals surface area contributed by atoms with E-state index >= 15 is 0 Å². The second-order valence-electron chi connectivity index (χ2n) is 4.04.